The van der Waals surface area contributed by atoms with E-state index in [2.05, 4.69) is 21.7 Å². The fraction of sp³-hybridized carbons (Fsp3) is 0.280. The van der Waals surface area contributed by atoms with Crippen LogP contribution in [0, 0.1) is 0 Å². The lowest BCUT2D eigenvalue weighted by atomic mass is 10.0. The summed E-state index contributed by atoms with van der Waals surface area (Å²) in [6, 6.07) is 20.3. The molecule has 0 saturated carbocycles. The second kappa shape index (κ2) is 11.0. The smallest absolute Gasteiger partial charge is 0.258 e. The molecular weight excluding hydrogens is 424 g/mol. The number of hydrogen-bond acceptors (Lipinski definition) is 6. The highest BCUT2D eigenvalue weighted by Gasteiger charge is 2.24. The molecule has 7 heteroatoms. The molecule has 2 aromatic carbocycles. The number of carbonyl (C=O) groups is 2. The summed E-state index contributed by atoms with van der Waals surface area (Å²) in [7, 11) is 0. The van der Waals surface area contributed by atoms with Gasteiger partial charge in [-0.1, -0.05) is 36.4 Å². The van der Waals surface area contributed by atoms with Crippen LogP contribution in [0.3, 0.4) is 0 Å². The average molecular weight is 451 g/mol. The number of ether oxygens (including phenoxy) is 2. The van der Waals surface area contributed by atoms with Crippen LogP contribution in [0.15, 0.2) is 72.1 Å². The van der Waals surface area contributed by atoms with E-state index in [4.69, 9.17) is 9.47 Å². The van der Waals surface area contributed by atoms with E-state index in [1.807, 2.05) is 24.3 Å². The van der Waals surface area contributed by atoms with Gasteiger partial charge in [-0.15, -0.1) is 11.3 Å². The van der Waals surface area contributed by atoms with Gasteiger partial charge in [0.2, 0.25) is 0 Å². The van der Waals surface area contributed by atoms with Crippen molar-refractivity contribution in [3.63, 3.8) is 0 Å². The molecule has 1 aliphatic heterocycles. The van der Waals surface area contributed by atoms with Crippen LogP contribution >= 0.6 is 11.3 Å². The van der Waals surface area contributed by atoms with Gasteiger partial charge in [-0.2, -0.15) is 0 Å². The fourth-order valence-electron chi connectivity index (χ4n) is 3.65. The Balaban J connectivity index is 1.28. The zero-order valence-electron chi connectivity index (χ0n) is 17.7. The lowest BCUT2D eigenvalue weighted by molar-refractivity contribution is -0.123. The molecule has 1 atom stereocenters. The van der Waals surface area contributed by atoms with Crippen LogP contribution in [0.5, 0.6) is 5.75 Å². The maximum absolute atomic E-state index is 12.5. The van der Waals surface area contributed by atoms with Crippen molar-refractivity contribution in [3.8, 4) is 5.75 Å². The number of hydrogen-bond donors (Lipinski definition) is 1. The standard InChI is InChI=1S/C25H26N2O4S/c28-24(26-17-22(23-7-4-16-32-23)27-12-14-30-15-13-27)18-31-21-10-8-20(9-11-21)25(29)19-5-2-1-3-6-19/h1-11,16,22H,12-15,17-18H2,(H,26,28)/t22-/m1/s1. The van der Waals surface area contributed by atoms with Crippen LogP contribution in [0.25, 0.3) is 0 Å². The highest BCUT2D eigenvalue weighted by molar-refractivity contribution is 7.10. The first-order chi connectivity index (χ1) is 15.7. The number of thiophene rings is 1. The van der Waals surface area contributed by atoms with Gasteiger partial charge in [-0.25, -0.2) is 0 Å². The summed E-state index contributed by atoms with van der Waals surface area (Å²) in [5, 5.41) is 5.05. The predicted molar refractivity (Wildman–Crippen MR) is 124 cm³/mol. The quantitative estimate of drug-likeness (QED) is 0.505. The molecule has 6 nitrogen and oxygen atoms in total. The summed E-state index contributed by atoms with van der Waals surface area (Å²) in [4.78, 5) is 28.5. The second-order valence-electron chi connectivity index (χ2n) is 7.49. The van der Waals surface area contributed by atoms with Gasteiger partial charge in [0.1, 0.15) is 5.75 Å². The Hall–Kier alpha value is -3.00. The Morgan fingerprint density at radius 1 is 0.969 bits per heavy atom. The molecule has 1 amide bonds. The van der Waals surface area contributed by atoms with Crippen molar-refractivity contribution >= 4 is 23.0 Å². The lowest BCUT2D eigenvalue weighted by Crippen LogP contribution is -2.44. The zero-order valence-corrected chi connectivity index (χ0v) is 18.6. The van der Waals surface area contributed by atoms with Gasteiger partial charge in [0, 0.05) is 35.6 Å². The summed E-state index contributed by atoms with van der Waals surface area (Å²) in [5.74, 6) is 0.328. The number of carbonyl (C=O) groups excluding carboxylic acids is 2. The van der Waals surface area contributed by atoms with Gasteiger partial charge in [-0.05, 0) is 35.7 Å². The lowest BCUT2D eigenvalue weighted by Gasteiger charge is -2.34. The van der Waals surface area contributed by atoms with Crippen molar-refractivity contribution in [2.24, 2.45) is 0 Å². The van der Waals surface area contributed by atoms with Crippen molar-refractivity contribution in [3.05, 3.63) is 88.1 Å². The van der Waals surface area contributed by atoms with Crippen LogP contribution in [0.4, 0.5) is 0 Å². The minimum absolute atomic E-state index is 0.0439. The maximum Gasteiger partial charge on any atom is 0.258 e. The molecule has 1 saturated heterocycles. The van der Waals surface area contributed by atoms with Crippen LogP contribution in [-0.4, -0.2) is 56.0 Å². The largest absolute Gasteiger partial charge is 0.484 e. The summed E-state index contributed by atoms with van der Waals surface area (Å²) >= 11 is 1.70. The van der Waals surface area contributed by atoms with Crippen LogP contribution in [-0.2, 0) is 9.53 Å². The van der Waals surface area contributed by atoms with Gasteiger partial charge < -0.3 is 14.8 Å². The molecule has 0 unspecified atom stereocenters. The number of nitrogens with one attached hydrogen (secondary N) is 1. The Kier molecular flexibility index (Phi) is 7.66. The molecule has 32 heavy (non-hydrogen) atoms. The first-order valence-electron chi connectivity index (χ1n) is 10.7. The SMILES string of the molecule is O=C(COc1ccc(C(=O)c2ccccc2)cc1)NC[C@H](c1cccs1)N1CCOCC1. The number of morpholine rings is 1. The number of ketones is 1. The third-order valence-corrected chi connectivity index (χ3v) is 6.35. The first kappa shape index (κ1) is 22.2. The minimum Gasteiger partial charge on any atom is -0.484 e. The van der Waals surface area contributed by atoms with Gasteiger partial charge in [0.15, 0.2) is 12.4 Å². The van der Waals surface area contributed by atoms with E-state index >= 15 is 0 Å². The summed E-state index contributed by atoms with van der Waals surface area (Å²) in [5.41, 5.74) is 1.22. The Labute approximate surface area is 191 Å². The van der Waals surface area contributed by atoms with E-state index in [0.29, 0.717) is 36.6 Å². The molecule has 1 N–H and O–H groups in total. The van der Waals surface area contributed by atoms with Gasteiger partial charge >= 0.3 is 0 Å². The van der Waals surface area contributed by atoms with E-state index in [1.54, 1.807) is 47.7 Å². The molecule has 0 radical (unpaired) electrons. The molecule has 166 valence electrons. The van der Waals surface area contributed by atoms with E-state index in [1.165, 1.54) is 4.88 Å². The van der Waals surface area contributed by atoms with Crippen LogP contribution < -0.4 is 10.1 Å². The van der Waals surface area contributed by atoms with Crippen molar-refractivity contribution in [1.29, 1.82) is 0 Å². The van der Waals surface area contributed by atoms with Gasteiger partial charge in [-0.3, -0.25) is 14.5 Å². The van der Waals surface area contributed by atoms with E-state index in [0.717, 1.165) is 13.1 Å². The summed E-state index contributed by atoms with van der Waals surface area (Å²) < 4.78 is 11.1. The summed E-state index contributed by atoms with van der Waals surface area (Å²) in [6.07, 6.45) is 0. The predicted octanol–water partition coefficient (Wildman–Crippen LogP) is 3.55. The van der Waals surface area contributed by atoms with Crippen molar-refractivity contribution in [2.75, 3.05) is 39.5 Å². The van der Waals surface area contributed by atoms with Gasteiger partial charge in [0.05, 0.1) is 19.3 Å². The molecule has 1 fully saturated rings. The Morgan fingerprint density at radius 3 is 2.38 bits per heavy atom. The van der Waals surface area contributed by atoms with Gasteiger partial charge in [0.25, 0.3) is 5.91 Å². The molecule has 4 rings (SSSR count). The third-order valence-electron chi connectivity index (χ3n) is 5.37. The number of benzene rings is 2. The maximum atomic E-state index is 12.5. The zero-order chi connectivity index (χ0) is 22.2. The number of amides is 1. The molecule has 0 bridgehead atoms. The number of rotatable bonds is 9. The monoisotopic (exact) mass is 450 g/mol. The van der Waals surface area contributed by atoms with E-state index < -0.39 is 0 Å². The second-order valence-corrected chi connectivity index (χ2v) is 8.47. The molecular formula is C25H26N2O4S. The van der Waals surface area contributed by atoms with Crippen molar-refractivity contribution in [1.82, 2.24) is 10.2 Å². The van der Waals surface area contributed by atoms with Crippen LogP contribution in [0.1, 0.15) is 26.8 Å². The Morgan fingerprint density at radius 2 is 1.69 bits per heavy atom. The fourth-order valence-corrected chi connectivity index (χ4v) is 4.51. The average Bonchev–Trinajstić information content (AvgIpc) is 3.39. The molecule has 2 heterocycles. The van der Waals surface area contributed by atoms with Crippen molar-refractivity contribution in [2.45, 2.75) is 6.04 Å². The molecule has 0 aliphatic carbocycles. The van der Waals surface area contributed by atoms with Crippen LogP contribution in [0.2, 0.25) is 0 Å². The number of nitrogens with zero attached hydrogens (tertiary/aromatic N) is 1. The Bertz CT molecular complexity index is 1000. The highest BCUT2D eigenvalue weighted by atomic mass is 32.1. The summed E-state index contributed by atoms with van der Waals surface area (Å²) in [6.45, 7) is 3.56. The first-order valence-corrected chi connectivity index (χ1v) is 11.5. The normalized spacial score (nSPS) is 15.1. The molecule has 3 aromatic rings. The molecule has 1 aliphatic rings. The topological polar surface area (TPSA) is 67.9 Å². The third kappa shape index (κ3) is 5.82. The minimum atomic E-state index is -0.177. The molecule has 0 spiro atoms. The highest BCUT2D eigenvalue weighted by Crippen LogP contribution is 2.25. The van der Waals surface area contributed by atoms with E-state index in [-0.39, 0.29) is 24.3 Å². The van der Waals surface area contributed by atoms with E-state index in [9.17, 15) is 9.59 Å². The molecule has 1 aromatic heterocycles. The van der Waals surface area contributed by atoms with Crippen molar-refractivity contribution < 1.29 is 19.1 Å².